The molecular formula is C13H16F2N2O4. The molecule has 0 aliphatic carbocycles. The molecule has 0 fully saturated rings. The van der Waals surface area contributed by atoms with Gasteiger partial charge < -0.3 is 20.5 Å². The highest BCUT2D eigenvalue weighted by molar-refractivity contribution is 5.75. The van der Waals surface area contributed by atoms with Crippen molar-refractivity contribution in [3.05, 3.63) is 29.8 Å². The van der Waals surface area contributed by atoms with Crippen LogP contribution in [0.15, 0.2) is 24.3 Å². The molecule has 1 atom stereocenters. The van der Waals surface area contributed by atoms with Gasteiger partial charge in [-0.1, -0.05) is 18.2 Å². The Labute approximate surface area is 120 Å². The predicted octanol–water partition coefficient (Wildman–Crippen LogP) is 2.12. The molecule has 1 aromatic carbocycles. The lowest BCUT2D eigenvalue weighted by Gasteiger charge is -2.18. The first-order valence-corrected chi connectivity index (χ1v) is 6.20. The van der Waals surface area contributed by atoms with Crippen molar-refractivity contribution >= 4 is 12.0 Å². The van der Waals surface area contributed by atoms with Gasteiger partial charge in [0, 0.05) is 12.1 Å². The molecule has 2 amide bonds. The van der Waals surface area contributed by atoms with Crippen molar-refractivity contribution in [3.63, 3.8) is 0 Å². The zero-order valence-electron chi connectivity index (χ0n) is 11.3. The lowest BCUT2D eigenvalue weighted by atomic mass is 10.1. The minimum absolute atomic E-state index is 0.0224. The molecule has 8 heteroatoms. The molecule has 0 aliphatic rings. The van der Waals surface area contributed by atoms with Crippen LogP contribution in [-0.4, -0.2) is 30.3 Å². The maximum atomic E-state index is 12.3. The number of benzene rings is 1. The highest BCUT2D eigenvalue weighted by Gasteiger charge is 2.16. The molecule has 0 aromatic heterocycles. The molecule has 6 nitrogen and oxygen atoms in total. The fraction of sp³-hybridized carbons (Fsp3) is 0.385. The normalized spacial score (nSPS) is 11.8. The van der Waals surface area contributed by atoms with Gasteiger partial charge in [0.2, 0.25) is 0 Å². The van der Waals surface area contributed by atoms with Crippen molar-refractivity contribution < 1.29 is 28.2 Å². The van der Waals surface area contributed by atoms with Crippen LogP contribution in [0.5, 0.6) is 5.75 Å². The summed E-state index contributed by atoms with van der Waals surface area (Å²) in [4.78, 5) is 21.9. The standard InChI is InChI=1S/C13H16F2N2O4/c1-8(17-13(20)16-7-6-11(18)19)9-4-2-3-5-10(9)21-12(14)15/h2-5,8,12H,6-7H2,1H3,(H,18,19)(H2,16,17,20). The average Bonchev–Trinajstić information content (AvgIpc) is 2.37. The summed E-state index contributed by atoms with van der Waals surface area (Å²) in [6.45, 7) is -1.38. The second-order valence-corrected chi connectivity index (χ2v) is 4.18. The van der Waals surface area contributed by atoms with Gasteiger partial charge in [-0.3, -0.25) is 4.79 Å². The van der Waals surface area contributed by atoms with Gasteiger partial charge in [-0.2, -0.15) is 8.78 Å². The lowest BCUT2D eigenvalue weighted by molar-refractivity contribution is -0.136. The van der Waals surface area contributed by atoms with Crippen LogP contribution in [-0.2, 0) is 4.79 Å². The Balaban J connectivity index is 2.60. The number of nitrogens with one attached hydrogen (secondary N) is 2. The number of amides is 2. The van der Waals surface area contributed by atoms with Crippen LogP contribution < -0.4 is 15.4 Å². The largest absolute Gasteiger partial charge is 0.481 e. The number of ether oxygens (including phenoxy) is 1. The third-order valence-electron chi connectivity index (χ3n) is 2.57. The number of hydrogen-bond acceptors (Lipinski definition) is 3. The van der Waals surface area contributed by atoms with Crippen LogP contribution in [0.4, 0.5) is 13.6 Å². The summed E-state index contributed by atoms with van der Waals surface area (Å²) in [5, 5.41) is 13.3. The van der Waals surface area contributed by atoms with Gasteiger partial charge in [-0.25, -0.2) is 4.79 Å². The van der Waals surface area contributed by atoms with Crippen LogP contribution in [0, 0.1) is 0 Å². The van der Waals surface area contributed by atoms with E-state index in [1.807, 2.05) is 0 Å². The van der Waals surface area contributed by atoms with Crippen LogP contribution in [0.25, 0.3) is 0 Å². The second kappa shape index (κ2) is 8.03. The summed E-state index contributed by atoms with van der Waals surface area (Å²) in [7, 11) is 0. The quantitative estimate of drug-likeness (QED) is 0.720. The number of alkyl halides is 2. The van der Waals surface area contributed by atoms with E-state index in [1.54, 1.807) is 25.1 Å². The number of aliphatic carboxylic acids is 1. The molecule has 1 rings (SSSR count). The number of carboxylic acid groups (broad SMARTS) is 1. The molecule has 116 valence electrons. The SMILES string of the molecule is CC(NC(=O)NCCC(=O)O)c1ccccc1OC(F)F. The van der Waals surface area contributed by atoms with Crippen molar-refractivity contribution in [2.75, 3.05) is 6.54 Å². The van der Waals surface area contributed by atoms with Crippen LogP contribution in [0.2, 0.25) is 0 Å². The molecule has 0 heterocycles. The number of carboxylic acids is 1. The van der Waals surface area contributed by atoms with E-state index >= 15 is 0 Å². The van der Waals surface area contributed by atoms with Gasteiger partial charge in [-0.05, 0) is 13.0 Å². The van der Waals surface area contributed by atoms with Crippen LogP contribution in [0.3, 0.4) is 0 Å². The van der Waals surface area contributed by atoms with Crippen LogP contribution in [0.1, 0.15) is 24.9 Å². The Bertz CT molecular complexity index is 497. The van der Waals surface area contributed by atoms with Gasteiger partial charge in [0.25, 0.3) is 0 Å². The molecule has 0 aliphatic heterocycles. The first-order valence-electron chi connectivity index (χ1n) is 6.20. The molecule has 0 radical (unpaired) electrons. The summed E-state index contributed by atoms with van der Waals surface area (Å²) >= 11 is 0. The first kappa shape index (κ1) is 16.7. The molecule has 1 aromatic rings. The average molecular weight is 302 g/mol. The third-order valence-corrected chi connectivity index (χ3v) is 2.57. The van der Waals surface area contributed by atoms with Gasteiger partial charge >= 0.3 is 18.6 Å². The van der Waals surface area contributed by atoms with Crippen molar-refractivity contribution in [1.82, 2.24) is 10.6 Å². The lowest BCUT2D eigenvalue weighted by Crippen LogP contribution is -2.38. The number of rotatable bonds is 7. The smallest absolute Gasteiger partial charge is 0.387 e. The summed E-state index contributed by atoms with van der Waals surface area (Å²) in [6.07, 6.45) is -0.202. The molecule has 3 N–H and O–H groups in total. The van der Waals surface area contributed by atoms with E-state index in [0.29, 0.717) is 5.56 Å². The number of para-hydroxylation sites is 1. The number of carbonyl (C=O) groups is 2. The summed E-state index contributed by atoms with van der Waals surface area (Å²) in [5.41, 5.74) is 0.395. The van der Waals surface area contributed by atoms with E-state index in [4.69, 9.17) is 5.11 Å². The van der Waals surface area contributed by atoms with Crippen molar-refractivity contribution in [2.45, 2.75) is 26.0 Å². The zero-order chi connectivity index (χ0) is 15.8. The highest BCUT2D eigenvalue weighted by Crippen LogP contribution is 2.26. The Hall–Kier alpha value is -2.38. The van der Waals surface area contributed by atoms with E-state index in [0.717, 1.165) is 0 Å². The summed E-state index contributed by atoms with van der Waals surface area (Å²) in [5.74, 6) is -1.05. The van der Waals surface area contributed by atoms with E-state index in [9.17, 15) is 18.4 Å². The Morgan fingerprint density at radius 1 is 1.33 bits per heavy atom. The highest BCUT2D eigenvalue weighted by atomic mass is 19.3. The molecule has 1 unspecified atom stereocenters. The molecule has 21 heavy (non-hydrogen) atoms. The Morgan fingerprint density at radius 2 is 2.00 bits per heavy atom. The van der Waals surface area contributed by atoms with Crippen molar-refractivity contribution in [3.8, 4) is 5.75 Å². The van der Waals surface area contributed by atoms with E-state index in [1.165, 1.54) is 6.07 Å². The first-order chi connectivity index (χ1) is 9.90. The summed E-state index contributed by atoms with van der Waals surface area (Å²) in [6, 6.07) is 4.94. The van der Waals surface area contributed by atoms with Gasteiger partial charge in [0.1, 0.15) is 5.75 Å². The van der Waals surface area contributed by atoms with Crippen molar-refractivity contribution in [1.29, 1.82) is 0 Å². The van der Waals surface area contributed by atoms with E-state index in [2.05, 4.69) is 15.4 Å². The molecule has 0 bridgehead atoms. The Morgan fingerprint density at radius 3 is 2.62 bits per heavy atom. The minimum atomic E-state index is -2.96. The third kappa shape index (κ3) is 6.07. The number of urea groups is 1. The predicted molar refractivity (Wildman–Crippen MR) is 70.3 cm³/mol. The van der Waals surface area contributed by atoms with E-state index < -0.39 is 24.7 Å². The van der Waals surface area contributed by atoms with E-state index in [-0.39, 0.29) is 18.7 Å². The number of hydrogen-bond donors (Lipinski definition) is 3. The fourth-order valence-corrected chi connectivity index (χ4v) is 1.65. The zero-order valence-corrected chi connectivity index (χ0v) is 11.3. The summed E-state index contributed by atoms with van der Waals surface area (Å²) < 4.78 is 29.0. The topological polar surface area (TPSA) is 87.7 Å². The Kier molecular flexibility index (Phi) is 6.38. The fourth-order valence-electron chi connectivity index (χ4n) is 1.65. The second-order valence-electron chi connectivity index (χ2n) is 4.18. The molecule has 0 spiro atoms. The number of carbonyl (C=O) groups excluding carboxylic acids is 1. The molecule has 0 saturated carbocycles. The minimum Gasteiger partial charge on any atom is -0.481 e. The maximum Gasteiger partial charge on any atom is 0.387 e. The van der Waals surface area contributed by atoms with Crippen molar-refractivity contribution in [2.24, 2.45) is 0 Å². The maximum absolute atomic E-state index is 12.3. The molecular weight excluding hydrogens is 286 g/mol. The van der Waals surface area contributed by atoms with Gasteiger partial charge in [0.15, 0.2) is 0 Å². The van der Waals surface area contributed by atoms with Crippen LogP contribution >= 0.6 is 0 Å². The molecule has 0 saturated heterocycles. The number of halogens is 2. The monoisotopic (exact) mass is 302 g/mol. The van der Waals surface area contributed by atoms with Gasteiger partial charge in [0.05, 0.1) is 12.5 Å². The van der Waals surface area contributed by atoms with Gasteiger partial charge in [-0.15, -0.1) is 0 Å².